The van der Waals surface area contributed by atoms with Crippen LogP contribution in [0.25, 0.3) is 0 Å². The zero-order chi connectivity index (χ0) is 15.4. The van der Waals surface area contributed by atoms with Gasteiger partial charge in [0.25, 0.3) is 5.91 Å². The van der Waals surface area contributed by atoms with Crippen LogP contribution in [0.15, 0.2) is 18.2 Å². The highest BCUT2D eigenvalue weighted by Crippen LogP contribution is 2.24. The average molecular weight is 293 g/mol. The van der Waals surface area contributed by atoms with Gasteiger partial charge in [0.1, 0.15) is 31.0 Å². The van der Waals surface area contributed by atoms with E-state index in [2.05, 4.69) is 19.2 Å². The van der Waals surface area contributed by atoms with E-state index in [0.29, 0.717) is 12.3 Å². The van der Waals surface area contributed by atoms with E-state index in [4.69, 9.17) is 9.47 Å². The highest BCUT2D eigenvalue weighted by molar-refractivity contribution is 5.93. The van der Waals surface area contributed by atoms with Crippen molar-refractivity contribution in [1.82, 2.24) is 0 Å². The number of hydrogen-bond acceptors (Lipinski definition) is 3. The van der Waals surface area contributed by atoms with Crippen molar-refractivity contribution >= 4 is 11.6 Å². The number of rotatable bonds is 4. The van der Waals surface area contributed by atoms with Gasteiger partial charge >= 0.3 is 0 Å². The number of anilines is 1. The summed E-state index contributed by atoms with van der Waals surface area (Å²) < 4.78 is 11.0. The Hall–Kier alpha value is -1.59. The first-order chi connectivity index (χ1) is 9.97. The maximum absolute atomic E-state index is 12.2. The van der Waals surface area contributed by atoms with Crippen molar-refractivity contribution in [3.05, 3.63) is 23.8 Å². The van der Waals surface area contributed by atoms with Crippen molar-refractivity contribution in [2.45, 2.75) is 33.0 Å². The molecule has 1 amide bonds. The van der Waals surface area contributed by atoms with Crippen molar-refractivity contribution in [2.75, 3.05) is 32.1 Å². The molecule has 5 nitrogen and oxygen atoms in total. The third-order valence-corrected chi connectivity index (χ3v) is 3.66. The van der Waals surface area contributed by atoms with Crippen LogP contribution in [-0.4, -0.2) is 44.9 Å². The molecule has 1 aliphatic heterocycles. The maximum atomic E-state index is 12.2. The molecule has 5 heteroatoms. The zero-order valence-electron chi connectivity index (χ0n) is 13.2. The summed E-state index contributed by atoms with van der Waals surface area (Å²) in [5.74, 6) is 0.697. The van der Waals surface area contributed by atoms with Gasteiger partial charge in [-0.1, -0.05) is 6.07 Å². The van der Waals surface area contributed by atoms with E-state index in [1.807, 2.05) is 25.1 Å². The Bertz CT molecular complexity index is 494. The second-order valence-electron chi connectivity index (χ2n) is 5.84. The topological polar surface area (TPSA) is 52.0 Å². The number of ether oxygens (including phenoxy) is 2. The van der Waals surface area contributed by atoms with Gasteiger partial charge in [0.05, 0.1) is 12.8 Å². The molecule has 0 spiro atoms. The number of nitrogens with one attached hydrogen (secondary N) is 2. The minimum atomic E-state index is 0.00944. The lowest BCUT2D eigenvalue weighted by Crippen LogP contribution is -3.16. The average Bonchev–Trinajstić information content (AvgIpc) is 2.37. The first-order valence-electron chi connectivity index (χ1n) is 7.41. The molecular formula is C16H25N2O3+. The van der Waals surface area contributed by atoms with Crippen molar-refractivity contribution in [1.29, 1.82) is 0 Å². The third kappa shape index (κ3) is 4.44. The quantitative estimate of drug-likeness (QED) is 0.856. The predicted octanol–water partition coefficient (Wildman–Crippen LogP) is 0.634. The summed E-state index contributed by atoms with van der Waals surface area (Å²) in [6.07, 6.45) is 0.398. The summed E-state index contributed by atoms with van der Waals surface area (Å²) in [5, 5.41) is 2.95. The van der Waals surface area contributed by atoms with E-state index in [9.17, 15) is 4.79 Å². The molecule has 0 saturated carbocycles. The number of carbonyl (C=O) groups is 1. The molecule has 116 valence electrons. The van der Waals surface area contributed by atoms with Crippen LogP contribution >= 0.6 is 0 Å². The number of methoxy groups -OCH3 is 1. The lowest BCUT2D eigenvalue weighted by atomic mass is 10.2. The van der Waals surface area contributed by atoms with Gasteiger partial charge in [-0.05, 0) is 38.5 Å². The number of quaternary nitrogens is 1. The van der Waals surface area contributed by atoms with E-state index in [-0.39, 0.29) is 18.1 Å². The number of hydrogen-bond donors (Lipinski definition) is 2. The van der Waals surface area contributed by atoms with Gasteiger partial charge in [-0.3, -0.25) is 4.79 Å². The summed E-state index contributed by atoms with van der Waals surface area (Å²) in [7, 11) is 1.61. The van der Waals surface area contributed by atoms with Gasteiger partial charge < -0.3 is 19.7 Å². The molecule has 0 aromatic heterocycles. The van der Waals surface area contributed by atoms with Gasteiger partial charge in [0.15, 0.2) is 6.54 Å². The number of aryl methyl sites for hydroxylation is 1. The lowest BCUT2D eigenvalue weighted by molar-refractivity contribution is -0.907. The minimum Gasteiger partial charge on any atom is -0.495 e. The third-order valence-electron chi connectivity index (χ3n) is 3.66. The minimum absolute atomic E-state index is 0.00944. The molecule has 0 bridgehead atoms. The summed E-state index contributed by atoms with van der Waals surface area (Å²) >= 11 is 0. The van der Waals surface area contributed by atoms with Crippen LogP contribution in [0.1, 0.15) is 19.4 Å². The van der Waals surface area contributed by atoms with Crippen LogP contribution in [0.2, 0.25) is 0 Å². The zero-order valence-corrected chi connectivity index (χ0v) is 13.2. The normalized spacial score (nSPS) is 25.4. The van der Waals surface area contributed by atoms with Gasteiger partial charge in [-0.2, -0.15) is 0 Å². The largest absolute Gasteiger partial charge is 0.495 e. The monoisotopic (exact) mass is 293 g/mol. The van der Waals surface area contributed by atoms with Crippen LogP contribution in [0.4, 0.5) is 5.69 Å². The second kappa shape index (κ2) is 6.91. The van der Waals surface area contributed by atoms with Crippen LogP contribution in [-0.2, 0) is 9.53 Å². The Morgan fingerprint density at radius 3 is 2.67 bits per heavy atom. The number of benzene rings is 1. The number of carbonyl (C=O) groups excluding carboxylic acids is 1. The van der Waals surface area contributed by atoms with Crippen LogP contribution in [0.5, 0.6) is 5.75 Å². The summed E-state index contributed by atoms with van der Waals surface area (Å²) in [6, 6.07) is 5.76. The fourth-order valence-corrected chi connectivity index (χ4v) is 2.87. The van der Waals surface area contributed by atoms with Crippen molar-refractivity contribution in [2.24, 2.45) is 0 Å². The molecule has 1 saturated heterocycles. The molecule has 1 unspecified atom stereocenters. The van der Waals surface area contributed by atoms with E-state index in [1.54, 1.807) is 7.11 Å². The smallest absolute Gasteiger partial charge is 0.279 e. The number of amides is 1. The Labute approximate surface area is 126 Å². The Morgan fingerprint density at radius 1 is 1.38 bits per heavy atom. The molecule has 2 rings (SSSR count). The standard InChI is InChI=1S/C16H24N2O3/c1-11-5-6-15(20-4)14(7-11)17-16(19)10-18-8-12(2)21-13(3)9-18/h5-7,12-13H,8-10H2,1-4H3,(H,17,19)/p+1/t12-,13+. The van der Waals surface area contributed by atoms with E-state index >= 15 is 0 Å². The van der Waals surface area contributed by atoms with Gasteiger partial charge in [0, 0.05) is 0 Å². The van der Waals surface area contributed by atoms with Gasteiger partial charge in [0.2, 0.25) is 0 Å². The van der Waals surface area contributed by atoms with Crippen LogP contribution in [0.3, 0.4) is 0 Å². The van der Waals surface area contributed by atoms with Crippen LogP contribution in [0, 0.1) is 6.92 Å². The van der Waals surface area contributed by atoms with Crippen LogP contribution < -0.4 is 15.0 Å². The molecule has 1 aromatic carbocycles. The predicted molar refractivity (Wildman–Crippen MR) is 81.9 cm³/mol. The fourth-order valence-electron chi connectivity index (χ4n) is 2.87. The van der Waals surface area contributed by atoms with Crippen molar-refractivity contribution in [3.8, 4) is 5.75 Å². The summed E-state index contributed by atoms with van der Waals surface area (Å²) in [5.41, 5.74) is 1.82. The fraction of sp³-hybridized carbons (Fsp3) is 0.562. The molecule has 1 aromatic rings. The highest BCUT2D eigenvalue weighted by Gasteiger charge is 2.27. The highest BCUT2D eigenvalue weighted by atomic mass is 16.5. The first-order valence-corrected chi connectivity index (χ1v) is 7.41. The summed E-state index contributed by atoms with van der Waals surface area (Å²) in [4.78, 5) is 13.5. The summed E-state index contributed by atoms with van der Waals surface area (Å²) in [6.45, 7) is 8.28. The molecular weight excluding hydrogens is 268 g/mol. The van der Waals surface area contributed by atoms with E-state index < -0.39 is 0 Å². The lowest BCUT2D eigenvalue weighted by Gasteiger charge is -2.31. The Morgan fingerprint density at radius 2 is 2.05 bits per heavy atom. The maximum Gasteiger partial charge on any atom is 0.279 e. The van der Waals surface area contributed by atoms with Crippen molar-refractivity contribution < 1.29 is 19.2 Å². The molecule has 1 fully saturated rings. The number of morpholine rings is 1. The van der Waals surface area contributed by atoms with Gasteiger partial charge in [-0.25, -0.2) is 0 Å². The molecule has 21 heavy (non-hydrogen) atoms. The molecule has 1 heterocycles. The molecule has 0 radical (unpaired) electrons. The first kappa shape index (κ1) is 15.8. The second-order valence-corrected chi connectivity index (χ2v) is 5.84. The Kier molecular flexibility index (Phi) is 5.20. The molecule has 1 aliphatic rings. The van der Waals surface area contributed by atoms with Gasteiger partial charge in [-0.15, -0.1) is 0 Å². The van der Waals surface area contributed by atoms with E-state index in [1.165, 1.54) is 4.90 Å². The Balaban J connectivity index is 1.97. The molecule has 0 aliphatic carbocycles. The van der Waals surface area contributed by atoms with Crippen molar-refractivity contribution in [3.63, 3.8) is 0 Å². The molecule has 3 atom stereocenters. The van der Waals surface area contributed by atoms with E-state index in [0.717, 1.165) is 24.3 Å². The SMILES string of the molecule is COc1ccc(C)cc1NC(=O)C[NH+]1C[C@@H](C)O[C@@H](C)C1. The molecule has 2 N–H and O–H groups in total.